The van der Waals surface area contributed by atoms with E-state index in [0.717, 1.165) is 45.1 Å². The fourth-order valence-corrected chi connectivity index (χ4v) is 4.72. The third-order valence-corrected chi connectivity index (χ3v) is 6.15. The van der Waals surface area contributed by atoms with E-state index in [-0.39, 0.29) is 11.5 Å². The summed E-state index contributed by atoms with van der Waals surface area (Å²) in [5, 5.41) is 3.42. The van der Waals surface area contributed by atoms with Crippen LogP contribution < -0.4 is 5.32 Å². The molecule has 1 N–H and O–H groups in total. The first-order chi connectivity index (χ1) is 9.87. The highest BCUT2D eigenvalue weighted by Crippen LogP contribution is 2.30. The second kappa shape index (κ2) is 6.75. The van der Waals surface area contributed by atoms with Gasteiger partial charge in [-0.3, -0.25) is 4.79 Å². The van der Waals surface area contributed by atoms with Crippen LogP contribution in [0.3, 0.4) is 0 Å². The molecule has 5 nitrogen and oxygen atoms in total. The first-order valence-electron chi connectivity index (χ1n) is 8.11. The Hall–Kier alpha value is -0.460. The van der Waals surface area contributed by atoms with E-state index < -0.39 is 10.0 Å². The van der Waals surface area contributed by atoms with Gasteiger partial charge in [-0.25, -0.2) is 12.7 Å². The third kappa shape index (κ3) is 4.05. The van der Waals surface area contributed by atoms with E-state index in [1.807, 2.05) is 0 Å². The van der Waals surface area contributed by atoms with Crippen LogP contribution in [0.25, 0.3) is 0 Å². The third-order valence-electron chi connectivity index (χ3n) is 4.88. The predicted octanol–water partition coefficient (Wildman–Crippen LogP) is 1.54. The first-order valence-corrected chi connectivity index (χ1v) is 9.96. The number of nitrogens with zero attached hydrogens (tertiary/aromatic N) is 1. The number of Topliss-reactive ketones (excluding diaryl/α,β-unsaturated/α-hetero) is 1. The minimum absolute atomic E-state index is 0.178. The standard InChI is InChI=1S/C15H28N2O3S/c1-3-7-15(8-5-9-16-15)14(18)11-13-6-4-10-17(12-13)21(2,19)20/h13,16H,3-12H2,1-2H3. The monoisotopic (exact) mass is 316 g/mol. The summed E-state index contributed by atoms with van der Waals surface area (Å²) in [6.07, 6.45) is 7.48. The Morgan fingerprint density at radius 3 is 2.71 bits per heavy atom. The Labute approximate surface area is 128 Å². The molecule has 0 aromatic rings. The van der Waals surface area contributed by atoms with Gasteiger partial charge in [0.25, 0.3) is 0 Å². The molecule has 0 aliphatic carbocycles. The number of hydrogen-bond donors (Lipinski definition) is 1. The number of piperidine rings is 1. The molecular weight excluding hydrogens is 288 g/mol. The highest BCUT2D eigenvalue weighted by molar-refractivity contribution is 7.88. The lowest BCUT2D eigenvalue weighted by Gasteiger charge is -2.34. The van der Waals surface area contributed by atoms with Crippen LogP contribution in [0.15, 0.2) is 0 Å². The van der Waals surface area contributed by atoms with Gasteiger partial charge in [0, 0.05) is 19.5 Å². The Morgan fingerprint density at radius 1 is 1.38 bits per heavy atom. The molecule has 2 heterocycles. The highest BCUT2D eigenvalue weighted by atomic mass is 32.2. The summed E-state index contributed by atoms with van der Waals surface area (Å²) in [5.41, 5.74) is -0.331. The molecule has 2 fully saturated rings. The van der Waals surface area contributed by atoms with E-state index in [0.29, 0.717) is 25.3 Å². The van der Waals surface area contributed by atoms with Crippen molar-refractivity contribution in [1.29, 1.82) is 0 Å². The number of rotatable bonds is 6. The summed E-state index contributed by atoms with van der Waals surface area (Å²) in [6.45, 7) is 4.14. The lowest BCUT2D eigenvalue weighted by molar-refractivity contribution is -0.126. The molecule has 2 aliphatic rings. The first kappa shape index (κ1) is 16.9. The van der Waals surface area contributed by atoms with Crippen molar-refractivity contribution in [1.82, 2.24) is 9.62 Å². The van der Waals surface area contributed by atoms with Crippen LogP contribution in [0.1, 0.15) is 51.9 Å². The molecule has 6 heteroatoms. The fourth-order valence-electron chi connectivity index (χ4n) is 3.78. The average molecular weight is 316 g/mol. The summed E-state index contributed by atoms with van der Waals surface area (Å²) < 4.78 is 24.9. The molecule has 2 saturated heterocycles. The molecule has 0 aromatic carbocycles. The zero-order valence-corrected chi connectivity index (χ0v) is 14.0. The topological polar surface area (TPSA) is 66.5 Å². The van der Waals surface area contributed by atoms with E-state index in [4.69, 9.17) is 0 Å². The molecule has 0 amide bonds. The summed E-state index contributed by atoms with van der Waals surface area (Å²) in [5.74, 6) is 0.472. The lowest BCUT2D eigenvalue weighted by atomic mass is 9.81. The Bertz CT molecular complexity index is 469. The molecule has 0 spiro atoms. The van der Waals surface area contributed by atoms with Gasteiger partial charge in [0.05, 0.1) is 11.8 Å². The lowest BCUT2D eigenvalue weighted by Crippen LogP contribution is -2.49. The van der Waals surface area contributed by atoms with Crippen molar-refractivity contribution in [2.24, 2.45) is 5.92 Å². The van der Waals surface area contributed by atoms with Crippen molar-refractivity contribution < 1.29 is 13.2 Å². The van der Waals surface area contributed by atoms with Crippen molar-refractivity contribution in [3.05, 3.63) is 0 Å². The minimum atomic E-state index is -3.13. The second-order valence-electron chi connectivity index (χ2n) is 6.62. The number of carbonyl (C=O) groups is 1. The van der Waals surface area contributed by atoms with Crippen molar-refractivity contribution in [2.45, 2.75) is 57.4 Å². The zero-order valence-electron chi connectivity index (χ0n) is 13.2. The maximum Gasteiger partial charge on any atom is 0.211 e. The van der Waals surface area contributed by atoms with Crippen molar-refractivity contribution >= 4 is 15.8 Å². The van der Waals surface area contributed by atoms with Gasteiger partial charge in [-0.1, -0.05) is 13.3 Å². The zero-order chi connectivity index (χ0) is 15.5. The molecule has 2 aliphatic heterocycles. The quantitative estimate of drug-likeness (QED) is 0.807. The van der Waals surface area contributed by atoms with Gasteiger partial charge in [0.1, 0.15) is 0 Å². The molecule has 0 radical (unpaired) electrons. The van der Waals surface area contributed by atoms with Gasteiger partial charge in [0.15, 0.2) is 5.78 Å². The Balaban J connectivity index is 1.98. The molecule has 122 valence electrons. The van der Waals surface area contributed by atoms with Crippen LogP contribution in [0.4, 0.5) is 0 Å². The van der Waals surface area contributed by atoms with E-state index in [1.54, 1.807) is 0 Å². The van der Waals surface area contributed by atoms with E-state index in [2.05, 4.69) is 12.2 Å². The molecule has 0 saturated carbocycles. The van der Waals surface area contributed by atoms with Crippen LogP contribution in [0.5, 0.6) is 0 Å². The normalized spacial score (nSPS) is 31.4. The molecule has 0 aromatic heterocycles. The van der Waals surface area contributed by atoms with Crippen LogP contribution in [-0.2, 0) is 14.8 Å². The van der Waals surface area contributed by atoms with Crippen molar-refractivity contribution in [3.8, 4) is 0 Å². The SMILES string of the molecule is CCCC1(C(=O)CC2CCCN(S(C)(=O)=O)C2)CCCN1. The van der Waals surface area contributed by atoms with Gasteiger partial charge >= 0.3 is 0 Å². The minimum Gasteiger partial charge on any atom is -0.305 e. The largest absolute Gasteiger partial charge is 0.305 e. The number of nitrogens with one attached hydrogen (secondary N) is 1. The number of ketones is 1. The van der Waals surface area contributed by atoms with Crippen LogP contribution in [0.2, 0.25) is 0 Å². The molecule has 21 heavy (non-hydrogen) atoms. The summed E-state index contributed by atoms with van der Waals surface area (Å²) in [7, 11) is -3.13. The van der Waals surface area contributed by atoms with Gasteiger partial charge in [-0.2, -0.15) is 0 Å². The van der Waals surface area contributed by atoms with Gasteiger partial charge in [-0.15, -0.1) is 0 Å². The summed E-state index contributed by atoms with van der Waals surface area (Å²) >= 11 is 0. The van der Waals surface area contributed by atoms with Crippen LogP contribution in [0, 0.1) is 5.92 Å². The molecular formula is C15H28N2O3S. The second-order valence-corrected chi connectivity index (χ2v) is 8.60. The Kier molecular flexibility index (Phi) is 5.43. The van der Waals surface area contributed by atoms with Crippen molar-refractivity contribution in [2.75, 3.05) is 25.9 Å². The van der Waals surface area contributed by atoms with E-state index in [1.165, 1.54) is 10.6 Å². The number of carbonyl (C=O) groups excluding carboxylic acids is 1. The maximum absolute atomic E-state index is 12.8. The maximum atomic E-state index is 12.8. The van der Waals surface area contributed by atoms with Crippen LogP contribution in [-0.4, -0.2) is 49.9 Å². The van der Waals surface area contributed by atoms with Gasteiger partial charge in [-0.05, 0) is 44.6 Å². The molecule has 2 unspecified atom stereocenters. The number of hydrogen-bond acceptors (Lipinski definition) is 4. The van der Waals surface area contributed by atoms with Crippen LogP contribution >= 0.6 is 0 Å². The molecule has 2 atom stereocenters. The summed E-state index contributed by atoms with van der Waals surface area (Å²) in [6, 6.07) is 0. The van der Waals surface area contributed by atoms with Crippen molar-refractivity contribution in [3.63, 3.8) is 0 Å². The predicted molar refractivity (Wildman–Crippen MR) is 83.6 cm³/mol. The summed E-state index contributed by atoms with van der Waals surface area (Å²) in [4.78, 5) is 12.8. The fraction of sp³-hybridized carbons (Fsp3) is 0.933. The average Bonchev–Trinajstić information content (AvgIpc) is 2.88. The van der Waals surface area contributed by atoms with Gasteiger partial charge in [0.2, 0.25) is 10.0 Å². The number of sulfonamides is 1. The Morgan fingerprint density at radius 2 is 2.14 bits per heavy atom. The smallest absolute Gasteiger partial charge is 0.211 e. The molecule has 0 bridgehead atoms. The highest BCUT2D eigenvalue weighted by Gasteiger charge is 2.40. The van der Waals surface area contributed by atoms with E-state index in [9.17, 15) is 13.2 Å². The molecule has 2 rings (SSSR count). The van der Waals surface area contributed by atoms with E-state index >= 15 is 0 Å². The van der Waals surface area contributed by atoms with Gasteiger partial charge < -0.3 is 5.32 Å².